The molecule has 4 unspecified atom stereocenters. The van der Waals surface area contributed by atoms with Gasteiger partial charge in [0, 0.05) is 18.0 Å². The number of urea groups is 1. The van der Waals surface area contributed by atoms with Gasteiger partial charge in [0.25, 0.3) is 0 Å². The van der Waals surface area contributed by atoms with Gasteiger partial charge in [0.1, 0.15) is 12.2 Å². The summed E-state index contributed by atoms with van der Waals surface area (Å²) in [6.07, 6.45) is 13.8. The van der Waals surface area contributed by atoms with Gasteiger partial charge in [-0.15, -0.1) is 0 Å². The molecule has 250 valence electrons. The average Bonchev–Trinajstić information content (AvgIpc) is 3.33. The Kier molecular flexibility index (Phi) is 15.3. The molecule has 3 amide bonds. The first-order valence-electron chi connectivity index (χ1n) is 17.0. The highest BCUT2D eigenvalue weighted by Gasteiger charge is 2.45. The molecule has 2 fully saturated rings. The van der Waals surface area contributed by atoms with Crippen molar-refractivity contribution in [2.24, 2.45) is 10.8 Å². The molecular formula is C34H63N3O6. The molecule has 0 aromatic heterocycles. The first kappa shape index (κ1) is 37.3. The summed E-state index contributed by atoms with van der Waals surface area (Å²) in [4.78, 5) is 38.5. The monoisotopic (exact) mass is 609 g/mol. The SMILES string of the molecule is CCCCCCCCCCCC(NC(=O)NC1CCCC1OC(=O)CCNC(=O)C1OC(C)(C)OCC1(C)C)C(C)(C)C. The van der Waals surface area contributed by atoms with Crippen LogP contribution < -0.4 is 16.0 Å². The van der Waals surface area contributed by atoms with Gasteiger partial charge in [0.2, 0.25) is 5.91 Å². The van der Waals surface area contributed by atoms with Crippen molar-refractivity contribution in [1.82, 2.24) is 16.0 Å². The van der Waals surface area contributed by atoms with Crippen LogP contribution in [0.5, 0.6) is 0 Å². The van der Waals surface area contributed by atoms with Crippen molar-refractivity contribution >= 4 is 17.9 Å². The molecule has 4 atom stereocenters. The molecule has 2 rings (SSSR count). The van der Waals surface area contributed by atoms with E-state index in [2.05, 4.69) is 43.6 Å². The Balaban J connectivity index is 1.72. The molecule has 0 bridgehead atoms. The normalized spacial score (nSPS) is 23.8. The van der Waals surface area contributed by atoms with E-state index in [1.807, 2.05) is 13.8 Å². The molecule has 3 N–H and O–H groups in total. The zero-order valence-electron chi connectivity index (χ0n) is 28.6. The van der Waals surface area contributed by atoms with Gasteiger partial charge in [-0.1, -0.05) is 99.3 Å². The third kappa shape index (κ3) is 13.8. The van der Waals surface area contributed by atoms with Crippen molar-refractivity contribution in [3.8, 4) is 0 Å². The van der Waals surface area contributed by atoms with Crippen molar-refractivity contribution in [3.05, 3.63) is 0 Å². The molecule has 1 saturated heterocycles. The molecule has 1 saturated carbocycles. The highest BCUT2D eigenvalue weighted by Crippen LogP contribution is 2.35. The number of hydrogen-bond acceptors (Lipinski definition) is 6. The van der Waals surface area contributed by atoms with Gasteiger partial charge in [-0.2, -0.15) is 0 Å². The summed E-state index contributed by atoms with van der Waals surface area (Å²) in [6.45, 7) is 16.7. The number of nitrogens with one attached hydrogen (secondary N) is 3. The van der Waals surface area contributed by atoms with E-state index < -0.39 is 17.3 Å². The van der Waals surface area contributed by atoms with Crippen LogP contribution in [-0.4, -0.2) is 61.1 Å². The van der Waals surface area contributed by atoms with Crippen LogP contribution in [0.15, 0.2) is 0 Å². The summed E-state index contributed by atoms with van der Waals surface area (Å²) in [6, 6.07) is -0.345. The number of unbranched alkanes of at least 4 members (excludes halogenated alkanes) is 8. The number of esters is 1. The Morgan fingerprint density at radius 3 is 2.19 bits per heavy atom. The fraction of sp³-hybridized carbons (Fsp3) is 0.912. The molecule has 0 aromatic rings. The van der Waals surface area contributed by atoms with Crippen LogP contribution in [0.1, 0.15) is 145 Å². The molecule has 9 nitrogen and oxygen atoms in total. The van der Waals surface area contributed by atoms with Gasteiger partial charge >= 0.3 is 12.0 Å². The minimum absolute atomic E-state index is 0.0515. The van der Waals surface area contributed by atoms with E-state index >= 15 is 0 Å². The van der Waals surface area contributed by atoms with Gasteiger partial charge in [-0.05, 0) is 44.9 Å². The van der Waals surface area contributed by atoms with Crippen LogP contribution in [0.4, 0.5) is 4.79 Å². The first-order valence-corrected chi connectivity index (χ1v) is 17.0. The Morgan fingerprint density at radius 2 is 1.56 bits per heavy atom. The number of hydrogen-bond donors (Lipinski definition) is 3. The second-order valence-corrected chi connectivity index (χ2v) is 14.9. The van der Waals surface area contributed by atoms with Crippen molar-refractivity contribution in [2.45, 2.75) is 175 Å². The molecule has 2 aliphatic rings. The van der Waals surface area contributed by atoms with Gasteiger partial charge in [-0.25, -0.2) is 4.79 Å². The smallest absolute Gasteiger partial charge is 0.315 e. The van der Waals surface area contributed by atoms with Crippen LogP contribution in [0, 0.1) is 10.8 Å². The maximum absolute atomic E-state index is 13.0. The Morgan fingerprint density at radius 1 is 0.930 bits per heavy atom. The molecule has 0 radical (unpaired) electrons. The lowest BCUT2D eigenvalue weighted by atomic mass is 9.83. The number of carbonyl (C=O) groups is 3. The summed E-state index contributed by atoms with van der Waals surface area (Å²) in [7, 11) is 0. The number of rotatable bonds is 17. The maximum Gasteiger partial charge on any atom is 0.315 e. The van der Waals surface area contributed by atoms with E-state index in [0.717, 1.165) is 25.7 Å². The lowest BCUT2D eigenvalue weighted by Gasteiger charge is -2.44. The summed E-state index contributed by atoms with van der Waals surface area (Å²) >= 11 is 0. The summed E-state index contributed by atoms with van der Waals surface area (Å²) in [5.41, 5.74) is -0.535. The fourth-order valence-corrected chi connectivity index (χ4v) is 5.91. The number of carbonyl (C=O) groups excluding carboxylic acids is 3. The Bertz CT molecular complexity index is 869. The van der Waals surface area contributed by atoms with E-state index in [1.54, 1.807) is 13.8 Å². The predicted molar refractivity (Wildman–Crippen MR) is 171 cm³/mol. The van der Waals surface area contributed by atoms with E-state index in [9.17, 15) is 14.4 Å². The summed E-state index contributed by atoms with van der Waals surface area (Å²) < 4.78 is 17.3. The van der Waals surface area contributed by atoms with Crippen LogP contribution in [0.25, 0.3) is 0 Å². The van der Waals surface area contributed by atoms with E-state index in [4.69, 9.17) is 14.2 Å². The molecule has 9 heteroatoms. The van der Waals surface area contributed by atoms with Crippen LogP contribution in [-0.2, 0) is 23.8 Å². The molecule has 43 heavy (non-hydrogen) atoms. The van der Waals surface area contributed by atoms with Gasteiger partial charge in [0.15, 0.2) is 5.79 Å². The maximum atomic E-state index is 13.0. The minimum atomic E-state index is -0.840. The quantitative estimate of drug-likeness (QED) is 0.124. The second kappa shape index (κ2) is 17.6. The number of amides is 3. The third-order valence-electron chi connectivity index (χ3n) is 8.77. The van der Waals surface area contributed by atoms with Crippen LogP contribution >= 0.6 is 0 Å². The minimum Gasteiger partial charge on any atom is -0.460 e. The first-order chi connectivity index (χ1) is 20.1. The molecule has 1 aliphatic carbocycles. The van der Waals surface area contributed by atoms with Crippen molar-refractivity contribution in [3.63, 3.8) is 0 Å². The lowest BCUT2D eigenvalue weighted by molar-refractivity contribution is -0.304. The Labute approximate surface area is 261 Å². The zero-order chi connectivity index (χ0) is 32.1. The topological polar surface area (TPSA) is 115 Å². The Hall–Kier alpha value is -1.87. The van der Waals surface area contributed by atoms with Crippen LogP contribution in [0.2, 0.25) is 0 Å². The van der Waals surface area contributed by atoms with Gasteiger partial charge in [-0.3, -0.25) is 9.59 Å². The van der Waals surface area contributed by atoms with E-state index in [0.29, 0.717) is 13.0 Å². The van der Waals surface area contributed by atoms with Gasteiger partial charge < -0.3 is 30.2 Å². The van der Waals surface area contributed by atoms with Crippen LogP contribution in [0.3, 0.4) is 0 Å². The standard InChI is InChI=1S/C34H63N3O6/c1-9-10-11-12-13-14-15-16-17-21-27(32(2,3)4)37-31(40)36-25-19-18-20-26(25)42-28(38)22-23-35-30(39)29-33(5,6)24-41-34(7,8)43-29/h25-27,29H,9-24H2,1-8H3,(H,35,39)(H2,36,37,40). The highest BCUT2D eigenvalue weighted by molar-refractivity contribution is 5.82. The molecule has 1 heterocycles. The molecule has 0 spiro atoms. The van der Waals surface area contributed by atoms with Gasteiger partial charge in [0.05, 0.1) is 19.1 Å². The molecule has 0 aromatic carbocycles. The second-order valence-electron chi connectivity index (χ2n) is 14.9. The average molecular weight is 610 g/mol. The van der Waals surface area contributed by atoms with Crippen molar-refractivity contribution < 1.29 is 28.6 Å². The molecule has 1 aliphatic heterocycles. The van der Waals surface area contributed by atoms with Crippen molar-refractivity contribution in [1.29, 1.82) is 0 Å². The third-order valence-corrected chi connectivity index (χ3v) is 8.77. The highest BCUT2D eigenvalue weighted by atomic mass is 16.7. The van der Waals surface area contributed by atoms with E-state index in [-0.39, 0.29) is 54.5 Å². The summed E-state index contributed by atoms with van der Waals surface area (Å²) in [5, 5.41) is 9.11. The fourth-order valence-electron chi connectivity index (χ4n) is 5.91. The van der Waals surface area contributed by atoms with E-state index in [1.165, 1.54) is 51.4 Å². The summed E-state index contributed by atoms with van der Waals surface area (Å²) in [5.74, 6) is -1.49. The largest absolute Gasteiger partial charge is 0.460 e. The number of ether oxygens (including phenoxy) is 3. The van der Waals surface area contributed by atoms with Crippen molar-refractivity contribution in [2.75, 3.05) is 13.2 Å². The lowest BCUT2D eigenvalue weighted by Crippen LogP contribution is -2.56. The molecular weight excluding hydrogens is 546 g/mol. The zero-order valence-corrected chi connectivity index (χ0v) is 28.6. The predicted octanol–water partition coefficient (Wildman–Crippen LogP) is 6.77.